The van der Waals surface area contributed by atoms with E-state index in [0.717, 1.165) is 25.2 Å². The lowest BCUT2D eigenvalue weighted by Crippen LogP contribution is -2.44. The second kappa shape index (κ2) is 6.11. The second-order valence-corrected chi connectivity index (χ2v) is 5.93. The lowest BCUT2D eigenvalue weighted by molar-refractivity contribution is -0.0705. The fourth-order valence-corrected chi connectivity index (χ4v) is 3.04. The molecule has 1 N–H and O–H groups in total. The Morgan fingerprint density at radius 1 is 1.37 bits per heavy atom. The first-order valence-corrected chi connectivity index (χ1v) is 7.22. The van der Waals surface area contributed by atoms with Crippen LogP contribution in [0.3, 0.4) is 0 Å². The predicted molar refractivity (Wildman–Crippen MR) is 77.6 cm³/mol. The summed E-state index contributed by atoms with van der Waals surface area (Å²) in [5.41, 5.74) is 1.11. The van der Waals surface area contributed by atoms with Gasteiger partial charge >= 0.3 is 0 Å². The molecule has 0 saturated carbocycles. The van der Waals surface area contributed by atoms with Crippen LogP contribution in [0.5, 0.6) is 11.5 Å². The van der Waals surface area contributed by atoms with Crippen molar-refractivity contribution in [1.82, 2.24) is 4.90 Å². The Hall–Kier alpha value is -0.780. The van der Waals surface area contributed by atoms with E-state index in [0.29, 0.717) is 10.2 Å². The van der Waals surface area contributed by atoms with Gasteiger partial charge in [0, 0.05) is 19.6 Å². The van der Waals surface area contributed by atoms with Crippen LogP contribution < -0.4 is 4.74 Å². The van der Waals surface area contributed by atoms with Gasteiger partial charge in [-0.15, -0.1) is 0 Å². The van der Waals surface area contributed by atoms with Crippen molar-refractivity contribution in [3.8, 4) is 11.5 Å². The van der Waals surface area contributed by atoms with E-state index in [1.165, 1.54) is 0 Å². The van der Waals surface area contributed by atoms with Gasteiger partial charge in [-0.25, -0.2) is 0 Å². The van der Waals surface area contributed by atoms with Gasteiger partial charge in [-0.3, -0.25) is 4.90 Å². The first kappa shape index (κ1) is 14.6. The van der Waals surface area contributed by atoms with E-state index in [4.69, 9.17) is 9.47 Å². The summed E-state index contributed by atoms with van der Waals surface area (Å²) >= 11 is 3.35. The molecule has 1 aliphatic rings. The van der Waals surface area contributed by atoms with Crippen LogP contribution in [-0.2, 0) is 11.3 Å². The lowest BCUT2D eigenvalue weighted by Gasteiger charge is -2.35. The zero-order valence-corrected chi connectivity index (χ0v) is 13.1. The molecule has 0 aromatic heterocycles. The summed E-state index contributed by atoms with van der Waals surface area (Å²) in [4.78, 5) is 2.36. The summed E-state index contributed by atoms with van der Waals surface area (Å²) in [6, 6.07) is 3.81. The van der Waals surface area contributed by atoms with Gasteiger partial charge in [-0.1, -0.05) is 0 Å². The van der Waals surface area contributed by atoms with E-state index in [2.05, 4.69) is 34.7 Å². The lowest BCUT2D eigenvalue weighted by atomic mass is 10.1. The van der Waals surface area contributed by atoms with Crippen LogP contribution in [0.2, 0.25) is 0 Å². The van der Waals surface area contributed by atoms with Gasteiger partial charge in [0.25, 0.3) is 0 Å². The van der Waals surface area contributed by atoms with E-state index in [1.807, 2.05) is 12.1 Å². The molecule has 1 aromatic rings. The Bertz CT molecular complexity index is 443. The highest BCUT2D eigenvalue weighted by atomic mass is 79.9. The summed E-state index contributed by atoms with van der Waals surface area (Å²) in [6.07, 6.45) is 0.511. The molecular formula is C14H20BrNO3. The zero-order chi connectivity index (χ0) is 14.0. The maximum absolute atomic E-state index is 9.81. The Morgan fingerprint density at radius 3 is 2.58 bits per heavy atom. The van der Waals surface area contributed by atoms with Crippen molar-refractivity contribution in [2.45, 2.75) is 32.6 Å². The molecule has 0 spiro atoms. The van der Waals surface area contributed by atoms with Crippen LogP contribution in [0.25, 0.3) is 0 Å². The molecule has 0 bridgehead atoms. The SMILES string of the molecule is COc1cc(CN2C[C@@H](C)O[C@H](C)C2)cc(Br)c1O. The third kappa shape index (κ3) is 3.61. The number of morpholine rings is 1. The maximum atomic E-state index is 9.81. The summed E-state index contributed by atoms with van der Waals surface area (Å²) in [7, 11) is 1.56. The predicted octanol–water partition coefficient (Wildman–Crippen LogP) is 2.77. The van der Waals surface area contributed by atoms with E-state index in [9.17, 15) is 5.11 Å². The smallest absolute Gasteiger partial charge is 0.172 e. The van der Waals surface area contributed by atoms with Crippen LogP contribution in [0, 0.1) is 0 Å². The molecular weight excluding hydrogens is 310 g/mol. The number of benzene rings is 1. The summed E-state index contributed by atoms with van der Waals surface area (Å²) in [5, 5.41) is 9.81. The third-order valence-electron chi connectivity index (χ3n) is 3.21. The van der Waals surface area contributed by atoms with Crippen LogP contribution in [0.15, 0.2) is 16.6 Å². The van der Waals surface area contributed by atoms with Gasteiger partial charge in [-0.05, 0) is 47.5 Å². The van der Waals surface area contributed by atoms with Gasteiger partial charge < -0.3 is 14.6 Å². The monoisotopic (exact) mass is 329 g/mol. The number of phenols is 1. The molecule has 1 aliphatic heterocycles. The Kier molecular flexibility index (Phi) is 4.71. The molecule has 0 radical (unpaired) electrons. The van der Waals surface area contributed by atoms with Gasteiger partial charge in [0.1, 0.15) is 0 Å². The molecule has 5 heteroatoms. The Morgan fingerprint density at radius 2 is 2.00 bits per heavy atom. The fraction of sp³-hybridized carbons (Fsp3) is 0.571. The Balaban J connectivity index is 2.12. The summed E-state index contributed by atoms with van der Waals surface area (Å²) < 4.78 is 11.6. The average Bonchev–Trinajstić information content (AvgIpc) is 2.32. The number of rotatable bonds is 3. The number of ether oxygens (including phenoxy) is 2. The minimum Gasteiger partial charge on any atom is -0.503 e. The molecule has 4 nitrogen and oxygen atoms in total. The van der Waals surface area contributed by atoms with Crippen molar-refractivity contribution in [1.29, 1.82) is 0 Å². The van der Waals surface area contributed by atoms with Crippen LogP contribution in [0.1, 0.15) is 19.4 Å². The van der Waals surface area contributed by atoms with E-state index in [1.54, 1.807) is 7.11 Å². The largest absolute Gasteiger partial charge is 0.503 e. The standard InChI is InChI=1S/C14H20BrNO3/c1-9-6-16(7-10(2)19-9)8-11-4-12(15)14(17)13(5-11)18-3/h4-5,9-10,17H,6-8H2,1-3H3/t9-,10-/m1/s1. The minimum atomic E-state index is 0.148. The van der Waals surface area contributed by atoms with Crippen LogP contribution >= 0.6 is 15.9 Å². The first-order chi connectivity index (χ1) is 8.99. The van der Waals surface area contributed by atoms with Crippen molar-refractivity contribution in [3.05, 3.63) is 22.2 Å². The normalized spacial score (nSPS) is 24.4. The van der Waals surface area contributed by atoms with Crippen molar-refractivity contribution in [3.63, 3.8) is 0 Å². The number of methoxy groups -OCH3 is 1. The highest BCUT2D eigenvalue weighted by Crippen LogP contribution is 2.35. The topological polar surface area (TPSA) is 41.9 Å². The highest BCUT2D eigenvalue weighted by molar-refractivity contribution is 9.10. The van der Waals surface area contributed by atoms with E-state index >= 15 is 0 Å². The van der Waals surface area contributed by atoms with Crippen molar-refractivity contribution >= 4 is 15.9 Å². The average molecular weight is 330 g/mol. The second-order valence-electron chi connectivity index (χ2n) is 5.08. The van der Waals surface area contributed by atoms with Gasteiger partial charge in [0.15, 0.2) is 11.5 Å². The van der Waals surface area contributed by atoms with E-state index in [-0.39, 0.29) is 18.0 Å². The van der Waals surface area contributed by atoms with Crippen molar-refractivity contribution < 1.29 is 14.6 Å². The number of phenolic OH excluding ortho intramolecular Hbond substituents is 1. The maximum Gasteiger partial charge on any atom is 0.172 e. The number of aromatic hydroxyl groups is 1. The first-order valence-electron chi connectivity index (χ1n) is 6.42. The number of hydrogen-bond acceptors (Lipinski definition) is 4. The van der Waals surface area contributed by atoms with E-state index < -0.39 is 0 Å². The number of halogens is 1. The van der Waals surface area contributed by atoms with Crippen LogP contribution in [0.4, 0.5) is 0 Å². The van der Waals surface area contributed by atoms with Gasteiger partial charge in [0.05, 0.1) is 23.8 Å². The third-order valence-corrected chi connectivity index (χ3v) is 3.81. The molecule has 0 amide bonds. The molecule has 1 fully saturated rings. The molecule has 2 atom stereocenters. The summed E-state index contributed by atoms with van der Waals surface area (Å²) in [6.45, 7) is 6.86. The fourth-order valence-electron chi connectivity index (χ4n) is 2.55. The number of hydrogen-bond donors (Lipinski definition) is 1. The Labute approximate surface area is 122 Å². The van der Waals surface area contributed by atoms with Crippen LogP contribution in [-0.4, -0.2) is 42.4 Å². The van der Waals surface area contributed by atoms with Gasteiger partial charge in [-0.2, -0.15) is 0 Å². The molecule has 0 unspecified atom stereocenters. The molecule has 1 saturated heterocycles. The molecule has 1 heterocycles. The summed E-state index contributed by atoms with van der Waals surface area (Å²) in [5.74, 6) is 0.647. The quantitative estimate of drug-likeness (QED) is 0.925. The minimum absolute atomic E-state index is 0.148. The molecule has 2 rings (SSSR count). The molecule has 1 aromatic carbocycles. The van der Waals surface area contributed by atoms with Crippen molar-refractivity contribution in [2.75, 3.05) is 20.2 Å². The molecule has 19 heavy (non-hydrogen) atoms. The zero-order valence-electron chi connectivity index (χ0n) is 11.5. The molecule has 106 valence electrons. The number of nitrogens with zero attached hydrogens (tertiary/aromatic N) is 1. The molecule has 0 aliphatic carbocycles. The van der Waals surface area contributed by atoms with Gasteiger partial charge in [0.2, 0.25) is 0 Å². The van der Waals surface area contributed by atoms with Crippen molar-refractivity contribution in [2.24, 2.45) is 0 Å². The highest BCUT2D eigenvalue weighted by Gasteiger charge is 2.22.